The van der Waals surface area contributed by atoms with E-state index in [1.807, 2.05) is 37.3 Å². The quantitative estimate of drug-likeness (QED) is 0.865. The third kappa shape index (κ3) is 3.45. The summed E-state index contributed by atoms with van der Waals surface area (Å²) in [6.07, 6.45) is 1.03. The van der Waals surface area contributed by atoms with Gasteiger partial charge in [-0.3, -0.25) is 4.98 Å². The van der Waals surface area contributed by atoms with E-state index in [-0.39, 0.29) is 0 Å². The lowest BCUT2D eigenvalue weighted by Gasteiger charge is -2.15. The zero-order valence-electron chi connectivity index (χ0n) is 11.1. The summed E-state index contributed by atoms with van der Waals surface area (Å²) in [5.41, 5.74) is 2.66. The number of aryl methyl sites for hydroxylation is 1. The highest BCUT2D eigenvalue weighted by Gasteiger charge is 2.09. The van der Waals surface area contributed by atoms with Crippen LogP contribution in [0.25, 0.3) is 0 Å². The van der Waals surface area contributed by atoms with Crippen molar-refractivity contribution in [2.45, 2.75) is 13.0 Å². The van der Waals surface area contributed by atoms with Crippen molar-refractivity contribution in [1.82, 2.24) is 4.98 Å². The fraction of sp³-hybridized carbons (Fsp3) is 0.267. The highest BCUT2D eigenvalue weighted by molar-refractivity contribution is 5.58. The van der Waals surface area contributed by atoms with Crippen molar-refractivity contribution in [3.05, 3.63) is 53.9 Å². The van der Waals surface area contributed by atoms with Crippen LogP contribution in [0.1, 0.15) is 17.4 Å². The highest BCUT2D eigenvalue weighted by Crippen LogP contribution is 2.25. The second-order valence-corrected chi connectivity index (χ2v) is 4.36. The number of rotatable bonds is 5. The third-order valence-electron chi connectivity index (χ3n) is 2.87. The molecule has 0 amide bonds. The van der Waals surface area contributed by atoms with Gasteiger partial charge in [0.15, 0.2) is 0 Å². The molecule has 2 rings (SSSR count). The Morgan fingerprint density at radius 3 is 2.84 bits per heavy atom. The summed E-state index contributed by atoms with van der Waals surface area (Å²) >= 11 is 0. The van der Waals surface area contributed by atoms with Crippen molar-refractivity contribution < 1.29 is 9.84 Å². The predicted molar refractivity (Wildman–Crippen MR) is 75.4 cm³/mol. The number of aliphatic hydroxyl groups is 1. The van der Waals surface area contributed by atoms with E-state index in [2.05, 4.69) is 10.3 Å². The van der Waals surface area contributed by atoms with E-state index in [0.29, 0.717) is 12.2 Å². The van der Waals surface area contributed by atoms with E-state index in [1.54, 1.807) is 19.4 Å². The molecule has 1 heterocycles. The van der Waals surface area contributed by atoms with Crippen LogP contribution < -0.4 is 10.1 Å². The minimum atomic E-state index is -0.647. The second kappa shape index (κ2) is 6.20. The van der Waals surface area contributed by atoms with E-state index >= 15 is 0 Å². The first kappa shape index (κ1) is 13.4. The van der Waals surface area contributed by atoms with Crippen LogP contribution in [0.2, 0.25) is 0 Å². The lowest BCUT2D eigenvalue weighted by atomic mass is 10.2. The summed E-state index contributed by atoms with van der Waals surface area (Å²) in [5, 5.41) is 13.2. The van der Waals surface area contributed by atoms with Crippen molar-refractivity contribution in [2.75, 3.05) is 19.0 Å². The summed E-state index contributed by atoms with van der Waals surface area (Å²) in [5.74, 6) is 0.763. The lowest BCUT2D eigenvalue weighted by molar-refractivity contribution is 0.186. The van der Waals surface area contributed by atoms with E-state index in [1.165, 1.54) is 0 Å². The minimum Gasteiger partial charge on any atom is -0.495 e. The minimum absolute atomic E-state index is 0.386. The van der Waals surface area contributed by atoms with Crippen LogP contribution in [-0.2, 0) is 0 Å². The Labute approximate surface area is 113 Å². The van der Waals surface area contributed by atoms with E-state index in [0.717, 1.165) is 17.0 Å². The number of hydrogen-bond acceptors (Lipinski definition) is 4. The van der Waals surface area contributed by atoms with Crippen LogP contribution in [0.5, 0.6) is 5.75 Å². The van der Waals surface area contributed by atoms with Crippen molar-refractivity contribution in [2.24, 2.45) is 0 Å². The molecule has 0 bridgehead atoms. The number of hydrogen-bond donors (Lipinski definition) is 2. The van der Waals surface area contributed by atoms with Gasteiger partial charge in [0.2, 0.25) is 0 Å². The normalized spacial score (nSPS) is 11.9. The van der Waals surface area contributed by atoms with Gasteiger partial charge in [0.25, 0.3) is 0 Å². The summed E-state index contributed by atoms with van der Waals surface area (Å²) in [6.45, 7) is 2.40. The molecule has 1 atom stereocenters. The number of anilines is 1. The summed E-state index contributed by atoms with van der Waals surface area (Å²) < 4.78 is 5.28. The molecule has 0 spiro atoms. The van der Waals surface area contributed by atoms with Crippen LogP contribution in [0, 0.1) is 6.92 Å². The molecule has 1 aromatic heterocycles. The van der Waals surface area contributed by atoms with Gasteiger partial charge < -0.3 is 15.2 Å². The molecule has 0 aliphatic carbocycles. The van der Waals surface area contributed by atoms with E-state index in [4.69, 9.17) is 4.74 Å². The summed E-state index contributed by atoms with van der Waals surface area (Å²) in [4.78, 5) is 4.13. The van der Waals surface area contributed by atoms with Crippen molar-refractivity contribution >= 4 is 5.69 Å². The molecule has 1 aromatic carbocycles. The summed E-state index contributed by atoms with van der Waals surface area (Å²) in [7, 11) is 1.63. The van der Waals surface area contributed by atoms with Gasteiger partial charge in [-0.1, -0.05) is 12.1 Å². The third-order valence-corrected chi connectivity index (χ3v) is 2.87. The Bertz CT molecular complexity index is 529. The molecule has 0 aliphatic heterocycles. The molecule has 4 heteroatoms. The van der Waals surface area contributed by atoms with Crippen LogP contribution in [-0.4, -0.2) is 23.7 Å². The van der Waals surface area contributed by atoms with Gasteiger partial charge in [0, 0.05) is 12.7 Å². The first-order chi connectivity index (χ1) is 9.20. The topological polar surface area (TPSA) is 54.4 Å². The molecular weight excluding hydrogens is 240 g/mol. The van der Waals surface area contributed by atoms with E-state index < -0.39 is 6.10 Å². The molecule has 2 N–H and O–H groups in total. The Kier molecular flexibility index (Phi) is 4.36. The van der Waals surface area contributed by atoms with Gasteiger partial charge in [-0.05, 0) is 36.8 Å². The lowest BCUT2D eigenvalue weighted by Crippen LogP contribution is -2.13. The second-order valence-electron chi connectivity index (χ2n) is 4.36. The van der Waals surface area contributed by atoms with Gasteiger partial charge in [-0.2, -0.15) is 0 Å². The molecule has 100 valence electrons. The van der Waals surface area contributed by atoms with Crippen LogP contribution in [0.15, 0.2) is 42.6 Å². The smallest absolute Gasteiger partial charge is 0.141 e. The van der Waals surface area contributed by atoms with Gasteiger partial charge in [-0.25, -0.2) is 0 Å². The van der Waals surface area contributed by atoms with Gasteiger partial charge in [0.05, 0.1) is 18.5 Å². The van der Waals surface area contributed by atoms with Gasteiger partial charge in [-0.15, -0.1) is 0 Å². The SMILES string of the molecule is COc1ccc(C)cc1NCC(O)c1ccccn1. The molecule has 2 aromatic rings. The number of ether oxygens (including phenoxy) is 1. The molecule has 19 heavy (non-hydrogen) atoms. The largest absolute Gasteiger partial charge is 0.495 e. The number of nitrogens with one attached hydrogen (secondary N) is 1. The predicted octanol–water partition coefficient (Wildman–Crippen LogP) is 2.54. The van der Waals surface area contributed by atoms with Crippen LogP contribution >= 0.6 is 0 Å². The Morgan fingerprint density at radius 2 is 2.16 bits per heavy atom. The molecule has 0 saturated carbocycles. The summed E-state index contributed by atoms with van der Waals surface area (Å²) in [6, 6.07) is 11.4. The van der Waals surface area contributed by atoms with Crippen molar-refractivity contribution in [3.63, 3.8) is 0 Å². The van der Waals surface area contributed by atoms with E-state index in [9.17, 15) is 5.11 Å². The zero-order chi connectivity index (χ0) is 13.7. The maximum atomic E-state index is 10.0. The molecule has 4 nitrogen and oxygen atoms in total. The molecule has 1 unspecified atom stereocenters. The molecular formula is C15H18N2O2. The fourth-order valence-corrected chi connectivity index (χ4v) is 1.84. The number of aliphatic hydroxyl groups excluding tert-OH is 1. The zero-order valence-corrected chi connectivity index (χ0v) is 11.1. The first-order valence-corrected chi connectivity index (χ1v) is 6.18. The molecule has 0 saturated heterocycles. The number of aromatic nitrogens is 1. The Hall–Kier alpha value is -2.07. The number of benzene rings is 1. The highest BCUT2D eigenvalue weighted by atomic mass is 16.5. The maximum absolute atomic E-state index is 10.0. The monoisotopic (exact) mass is 258 g/mol. The average Bonchev–Trinajstić information content (AvgIpc) is 2.46. The number of nitrogens with zero attached hydrogens (tertiary/aromatic N) is 1. The van der Waals surface area contributed by atoms with Crippen LogP contribution in [0.3, 0.4) is 0 Å². The van der Waals surface area contributed by atoms with Gasteiger partial charge >= 0.3 is 0 Å². The standard InChI is InChI=1S/C15H18N2O2/c1-11-6-7-15(19-2)13(9-11)17-10-14(18)12-5-3-4-8-16-12/h3-9,14,17-18H,10H2,1-2H3. The van der Waals surface area contributed by atoms with Crippen LogP contribution in [0.4, 0.5) is 5.69 Å². The Balaban J connectivity index is 2.04. The molecule has 0 fully saturated rings. The molecule has 0 radical (unpaired) electrons. The van der Waals surface area contributed by atoms with Crippen molar-refractivity contribution in [1.29, 1.82) is 0 Å². The number of pyridine rings is 1. The maximum Gasteiger partial charge on any atom is 0.141 e. The fourth-order valence-electron chi connectivity index (χ4n) is 1.84. The van der Waals surface area contributed by atoms with Crippen molar-refractivity contribution in [3.8, 4) is 5.75 Å². The van der Waals surface area contributed by atoms with Gasteiger partial charge in [0.1, 0.15) is 11.9 Å². The number of methoxy groups -OCH3 is 1. The Morgan fingerprint density at radius 1 is 1.32 bits per heavy atom. The molecule has 0 aliphatic rings. The average molecular weight is 258 g/mol. The first-order valence-electron chi connectivity index (χ1n) is 6.18.